The molecule has 0 unspecified atom stereocenters. The Morgan fingerprint density at radius 3 is 1.75 bits per heavy atom. The lowest BCUT2D eigenvalue weighted by Gasteiger charge is -2.33. The molecule has 0 bridgehead atoms. The first-order valence-corrected chi connectivity index (χ1v) is 18.5. The van der Waals surface area contributed by atoms with E-state index < -0.39 is 5.41 Å². The summed E-state index contributed by atoms with van der Waals surface area (Å²) >= 11 is 1.74. The fourth-order valence-corrected chi connectivity index (χ4v) is 9.13. The van der Waals surface area contributed by atoms with Crippen LogP contribution in [0.1, 0.15) is 22.3 Å². The van der Waals surface area contributed by atoms with Gasteiger partial charge in [-0.05, 0) is 74.2 Å². The van der Waals surface area contributed by atoms with Crippen molar-refractivity contribution in [2.24, 2.45) is 0 Å². The van der Waals surface area contributed by atoms with Gasteiger partial charge in [-0.15, -0.1) is 11.3 Å². The molecule has 0 atom stereocenters. The first-order valence-electron chi connectivity index (χ1n) is 17.7. The summed E-state index contributed by atoms with van der Waals surface area (Å²) in [6.07, 6.45) is 0. The van der Waals surface area contributed by atoms with Crippen LogP contribution in [0.15, 0.2) is 194 Å². The van der Waals surface area contributed by atoms with Crippen LogP contribution in [0.3, 0.4) is 0 Å². The van der Waals surface area contributed by atoms with Crippen LogP contribution in [0.5, 0.6) is 0 Å². The minimum atomic E-state index is -0.487. The smallest absolute Gasteiger partial charge is 0.170 e. The normalized spacial score (nSPS) is 12.8. The average Bonchev–Trinajstić information content (AvgIpc) is 3.80. The zero-order valence-electron chi connectivity index (χ0n) is 28.3. The van der Waals surface area contributed by atoms with Gasteiger partial charge in [0, 0.05) is 15.8 Å². The Hall–Kier alpha value is -6.42. The molecule has 2 heterocycles. The predicted molar refractivity (Wildman–Crippen MR) is 216 cm³/mol. The molecule has 10 rings (SSSR count). The van der Waals surface area contributed by atoms with E-state index in [4.69, 9.17) is 9.97 Å². The summed E-state index contributed by atoms with van der Waals surface area (Å²) in [7, 11) is 0. The Kier molecular flexibility index (Phi) is 7.26. The molecule has 0 saturated carbocycles. The minimum Gasteiger partial charge on any atom is -0.227 e. The number of benzene rings is 7. The van der Waals surface area contributed by atoms with E-state index in [1.807, 2.05) is 0 Å². The number of nitrogens with zero attached hydrogens (tertiary/aromatic N) is 2. The molecule has 0 N–H and O–H groups in total. The second kappa shape index (κ2) is 12.4. The minimum absolute atomic E-state index is 0.487. The van der Waals surface area contributed by atoms with Crippen LogP contribution in [-0.2, 0) is 5.41 Å². The fraction of sp³-hybridized carbons (Fsp3) is 0.0204. The highest BCUT2D eigenvalue weighted by atomic mass is 32.1. The van der Waals surface area contributed by atoms with Gasteiger partial charge >= 0.3 is 0 Å². The van der Waals surface area contributed by atoms with Gasteiger partial charge in [0.15, 0.2) is 5.82 Å². The van der Waals surface area contributed by atoms with Crippen molar-refractivity contribution in [3.8, 4) is 55.5 Å². The summed E-state index contributed by atoms with van der Waals surface area (Å²) in [6.45, 7) is 0. The van der Waals surface area contributed by atoms with E-state index in [-0.39, 0.29) is 0 Å². The molecule has 52 heavy (non-hydrogen) atoms. The summed E-state index contributed by atoms with van der Waals surface area (Å²) in [5.74, 6) is 0.736. The predicted octanol–water partition coefficient (Wildman–Crippen LogP) is 12.7. The molecule has 3 heteroatoms. The fourth-order valence-electron chi connectivity index (χ4n) is 8.13. The molecule has 9 aromatic rings. The van der Waals surface area contributed by atoms with Crippen LogP contribution in [0.25, 0.3) is 65.6 Å². The van der Waals surface area contributed by atoms with Crippen LogP contribution in [0, 0.1) is 0 Å². The lowest BCUT2D eigenvalue weighted by atomic mass is 9.67. The SMILES string of the molecule is c1ccc(-c2cccc(-c3cc(-c4cccc5c4-c4ccccc4C5(c4ccccc4)c4ccccc4)nc(-c4cc5ccccc5s4)n3)c2)cc1. The largest absolute Gasteiger partial charge is 0.227 e. The second-order valence-electron chi connectivity index (χ2n) is 13.3. The second-order valence-corrected chi connectivity index (χ2v) is 14.4. The van der Waals surface area contributed by atoms with Crippen molar-refractivity contribution < 1.29 is 0 Å². The monoisotopic (exact) mass is 680 g/mol. The third-order valence-corrected chi connectivity index (χ3v) is 11.5. The standard InChI is InChI=1S/C49H32N2S/c1-4-16-33(17-5-1)34-19-14-20-35(30-34)43-32-44(51-48(50-43)46-31-36-18-10-13-29-45(36)52-46)40-26-15-28-42-47(40)39-25-11-12-27-41(39)49(42,37-21-6-2-7-22-37)38-23-8-3-9-24-38/h1-32H. The Labute approximate surface area is 307 Å². The molecular formula is C49H32N2S. The molecule has 0 aliphatic heterocycles. The summed E-state index contributed by atoms with van der Waals surface area (Å²) in [5.41, 5.74) is 13.3. The summed E-state index contributed by atoms with van der Waals surface area (Å²) < 4.78 is 1.23. The zero-order chi connectivity index (χ0) is 34.5. The Balaban J connectivity index is 1.25. The summed E-state index contributed by atoms with van der Waals surface area (Å²) in [6, 6.07) is 69.8. The number of rotatable bonds is 6. The lowest BCUT2D eigenvalue weighted by Crippen LogP contribution is -2.28. The van der Waals surface area contributed by atoms with Gasteiger partial charge in [0.05, 0.1) is 21.7 Å². The quantitative estimate of drug-likeness (QED) is 0.175. The molecule has 244 valence electrons. The van der Waals surface area contributed by atoms with Crippen molar-refractivity contribution >= 4 is 21.4 Å². The first kappa shape index (κ1) is 30.4. The van der Waals surface area contributed by atoms with E-state index in [0.717, 1.165) is 38.8 Å². The van der Waals surface area contributed by atoms with Crippen LogP contribution in [0.2, 0.25) is 0 Å². The van der Waals surface area contributed by atoms with E-state index in [1.165, 1.54) is 49.0 Å². The van der Waals surface area contributed by atoms with Crippen molar-refractivity contribution in [2.75, 3.05) is 0 Å². The van der Waals surface area contributed by atoms with Gasteiger partial charge in [0.2, 0.25) is 0 Å². The van der Waals surface area contributed by atoms with E-state index >= 15 is 0 Å². The first-order chi connectivity index (χ1) is 25.8. The number of hydrogen-bond donors (Lipinski definition) is 0. The van der Waals surface area contributed by atoms with E-state index in [2.05, 4.69) is 194 Å². The zero-order valence-corrected chi connectivity index (χ0v) is 29.1. The van der Waals surface area contributed by atoms with Crippen molar-refractivity contribution in [1.82, 2.24) is 9.97 Å². The highest BCUT2D eigenvalue weighted by molar-refractivity contribution is 7.22. The highest BCUT2D eigenvalue weighted by Crippen LogP contribution is 2.58. The molecule has 7 aromatic carbocycles. The molecule has 2 aromatic heterocycles. The summed E-state index contributed by atoms with van der Waals surface area (Å²) in [5, 5.41) is 1.20. The van der Waals surface area contributed by atoms with E-state index in [1.54, 1.807) is 11.3 Å². The van der Waals surface area contributed by atoms with Crippen LogP contribution in [-0.4, -0.2) is 9.97 Å². The van der Waals surface area contributed by atoms with Gasteiger partial charge in [-0.3, -0.25) is 0 Å². The van der Waals surface area contributed by atoms with Crippen molar-refractivity contribution in [3.05, 3.63) is 216 Å². The summed E-state index contributed by atoms with van der Waals surface area (Å²) in [4.78, 5) is 11.8. The Bertz CT molecular complexity index is 2660. The maximum absolute atomic E-state index is 5.42. The van der Waals surface area contributed by atoms with Gasteiger partial charge in [0.1, 0.15) is 0 Å². The molecular weight excluding hydrogens is 649 g/mol. The van der Waals surface area contributed by atoms with Gasteiger partial charge in [-0.25, -0.2) is 9.97 Å². The Morgan fingerprint density at radius 2 is 0.981 bits per heavy atom. The van der Waals surface area contributed by atoms with Gasteiger partial charge in [-0.2, -0.15) is 0 Å². The van der Waals surface area contributed by atoms with Crippen molar-refractivity contribution in [3.63, 3.8) is 0 Å². The molecule has 1 aliphatic carbocycles. The third kappa shape index (κ3) is 4.85. The molecule has 0 spiro atoms. The molecule has 0 saturated heterocycles. The number of hydrogen-bond acceptors (Lipinski definition) is 3. The van der Waals surface area contributed by atoms with E-state index in [0.29, 0.717) is 0 Å². The average molecular weight is 681 g/mol. The van der Waals surface area contributed by atoms with Crippen molar-refractivity contribution in [2.45, 2.75) is 5.41 Å². The van der Waals surface area contributed by atoms with Gasteiger partial charge in [-0.1, -0.05) is 170 Å². The van der Waals surface area contributed by atoms with E-state index in [9.17, 15) is 0 Å². The van der Waals surface area contributed by atoms with Crippen molar-refractivity contribution in [1.29, 1.82) is 0 Å². The lowest BCUT2D eigenvalue weighted by molar-refractivity contribution is 0.768. The van der Waals surface area contributed by atoms with Gasteiger partial charge in [0.25, 0.3) is 0 Å². The molecule has 0 amide bonds. The molecule has 0 fully saturated rings. The maximum Gasteiger partial charge on any atom is 0.170 e. The van der Waals surface area contributed by atoms with Crippen LogP contribution < -0.4 is 0 Å². The topological polar surface area (TPSA) is 25.8 Å². The number of aromatic nitrogens is 2. The maximum atomic E-state index is 5.42. The van der Waals surface area contributed by atoms with Crippen LogP contribution >= 0.6 is 11.3 Å². The highest BCUT2D eigenvalue weighted by Gasteiger charge is 2.46. The van der Waals surface area contributed by atoms with Gasteiger partial charge < -0.3 is 0 Å². The number of thiophene rings is 1. The number of fused-ring (bicyclic) bond motifs is 4. The molecule has 2 nitrogen and oxygen atoms in total. The third-order valence-electron chi connectivity index (χ3n) is 10.4. The Morgan fingerprint density at radius 1 is 0.404 bits per heavy atom. The van der Waals surface area contributed by atoms with Crippen LogP contribution in [0.4, 0.5) is 0 Å². The molecule has 1 aliphatic rings. The molecule has 0 radical (unpaired) electrons.